The summed E-state index contributed by atoms with van der Waals surface area (Å²) in [6, 6.07) is 6.87. The molecule has 14 heavy (non-hydrogen) atoms. The summed E-state index contributed by atoms with van der Waals surface area (Å²) in [4.78, 5) is 0. The van der Waals surface area contributed by atoms with Crippen molar-refractivity contribution in [2.75, 3.05) is 0 Å². The van der Waals surface area contributed by atoms with Crippen molar-refractivity contribution in [3.8, 4) is 5.75 Å². The van der Waals surface area contributed by atoms with Crippen LogP contribution in [-0.4, -0.2) is 10.2 Å². The zero-order chi connectivity index (χ0) is 9.97. The molecule has 1 aliphatic carbocycles. The number of rotatable bonds is 2. The van der Waals surface area contributed by atoms with E-state index in [9.17, 15) is 5.11 Å². The predicted molar refractivity (Wildman–Crippen MR) is 55.0 cm³/mol. The number of aromatic hydroxyl groups is 1. The molecule has 2 rings (SSSR count). The second kappa shape index (κ2) is 4.01. The Morgan fingerprint density at radius 3 is 2.21 bits per heavy atom. The Kier molecular flexibility index (Phi) is 2.73. The third-order valence-electron chi connectivity index (χ3n) is 3.08. The van der Waals surface area contributed by atoms with Gasteiger partial charge < -0.3 is 10.2 Å². The number of phenols is 1. The maximum atomic E-state index is 10.0. The van der Waals surface area contributed by atoms with Crippen LogP contribution in [0.3, 0.4) is 0 Å². The minimum absolute atomic E-state index is 0.257. The van der Waals surface area contributed by atoms with E-state index < -0.39 is 0 Å². The molecule has 0 radical (unpaired) electrons. The summed E-state index contributed by atoms with van der Waals surface area (Å²) < 4.78 is 0. The first kappa shape index (κ1) is 9.53. The summed E-state index contributed by atoms with van der Waals surface area (Å²) in [6.07, 6.45) is 4.38. The van der Waals surface area contributed by atoms with Gasteiger partial charge in [0.1, 0.15) is 5.75 Å². The lowest BCUT2D eigenvalue weighted by molar-refractivity contribution is 0.111. The molecule has 2 heteroatoms. The second-order valence-corrected chi connectivity index (χ2v) is 4.08. The van der Waals surface area contributed by atoms with Gasteiger partial charge in [-0.15, -0.1) is 0 Å². The predicted octanol–water partition coefficient (Wildman–Crippen LogP) is 2.62. The fourth-order valence-corrected chi connectivity index (χ4v) is 2.22. The third-order valence-corrected chi connectivity index (χ3v) is 3.08. The molecule has 0 bridgehead atoms. The summed E-state index contributed by atoms with van der Waals surface area (Å²) in [5.41, 5.74) is 0.926. The van der Waals surface area contributed by atoms with Gasteiger partial charge in [-0.2, -0.15) is 0 Å². The smallest absolute Gasteiger partial charge is 0.115 e. The first-order valence-corrected chi connectivity index (χ1v) is 5.24. The Labute approximate surface area is 84.2 Å². The van der Waals surface area contributed by atoms with Crippen molar-refractivity contribution in [1.29, 1.82) is 0 Å². The van der Waals surface area contributed by atoms with Crippen LogP contribution < -0.4 is 0 Å². The lowest BCUT2D eigenvalue weighted by atomic mass is 9.94. The number of hydrogen-bond donors (Lipinski definition) is 2. The number of phenolic OH excluding ortho intramolecular Hbond substituents is 1. The normalized spacial score (nSPS) is 19.8. The van der Waals surface area contributed by atoms with Crippen molar-refractivity contribution in [3.05, 3.63) is 29.8 Å². The van der Waals surface area contributed by atoms with Crippen molar-refractivity contribution in [1.82, 2.24) is 0 Å². The summed E-state index contributed by atoms with van der Waals surface area (Å²) in [6.45, 7) is 0. The van der Waals surface area contributed by atoms with E-state index in [0.717, 1.165) is 18.4 Å². The van der Waals surface area contributed by atoms with Gasteiger partial charge in [-0.1, -0.05) is 25.0 Å². The van der Waals surface area contributed by atoms with Crippen LogP contribution >= 0.6 is 0 Å². The van der Waals surface area contributed by atoms with Gasteiger partial charge in [-0.05, 0) is 36.5 Å². The largest absolute Gasteiger partial charge is 0.508 e. The van der Waals surface area contributed by atoms with Crippen LogP contribution in [0, 0.1) is 5.92 Å². The number of aliphatic hydroxyl groups excluding tert-OH is 1. The molecule has 1 atom stereocenters. The monoisotopic (exact) mass is 192 g/mol. The highest BCUT2D eigenvalue weighted by molar-refractivity contribution is 5.27. The van der Waals surface area contributed by atoms with Crippen molar-refractivity contribution >= 4 is 0 Å². The zero-order valence-electron chi connectivity index (χ0n) is 8.19. The van der Waals surface area contributed by atoms with Crippen LogP contribution in [0.4, 0.5) is 0 Å². The van der Waals surface area contributed by atoms with E-state index in [0.29, 0.717) is 5.92 Å². The summed E-state index contributed by atoms with van der Waals surface area (Å²) in [5, 5.41) is 19.2. The average Bonchev–Trinajstić information content (AvgIpc) is 2.71. The Balaban J connectivity index is 2.09. The van der Waals surface area contributed by atoms with Crippen molar-refractivity contribution in [3.63, 3.8) is 0 Å². The van der Waals surface area contributed by atoms with Gasteiger partial charge in [-0.25, -0.2) is 0 Å². The van der Waals surface area contributed by atoms with Crippen molar-refractivity contribution in [2.45, 2.75) is 31.8 Å². The lowest BCUT2D eigenvalue weighted by Gasteiger charge is -2.17. The van der Waals surface area contributed by atoms with Gasteiger partial charge in [0, 0.05) is 0 Å². The van der Waals surface area contributed by atoms with Crippen LogP contribution in [0.2, 0.25) is 0 Å². The van der Waals surface area contributed by atoms with E-state index in [-0.39, 0.29) is 11.9 Å². The van der Waals surface area contributed by atoms with Gasteiger partial charge >= 0.3 is 0 Å². The molecule has 1 aliphatic rings. The molecule has 0 amide bonds. The molecule has 2 nitrogen and oxygen atoms in total. The summed E-state index contributed by atoms with van der Waals surface area (Å²) >= 11 is 0. The van der Waals surface area contributed by atoms with Gasteiger partial charge in [0.05, 0.1) is 6.10 Å². The standard InChI is InChI=1S/C12H16O2/c13-11-7-5-10(6-8-11)12(14)9-3-1-2-4-9/h5-9,12-14H,1-4H2. The third kappa shape index (κ3) is 1.90. The molecule has 0 aromatic heterocycles. The Morgan fingerprint density at radius 2 is 1.64 bits per heavy atom. The Morgan fingerprint density at radius 1 is 1.07 bits per heavy atom. The highest BCUT2D eigenvalue weighted by Gasteiger charge is 2.24. The SMILES string of the molecule is Oc1ccc(C(O)C2CCCC2)cc1. The lowest BCUT2D eigenvalue weighted by Crippen LogP contribution is -2.08. The van der Waals surface area contributed by atoms with Gasteiger partial charge in [-0.3, -0.25) is 0 Å². The van der Waals surface area contributed by atoms with E-state index in [1.807, 2.05) is 0 Å². The molecule has 2 N–H and O–H groups in total. The van der Waals surface area contributed by atoms with Gasteiger partial charge in [0.25, 0.3) is 0 Å². The number of hydrogen-bond acceptors (Lipinski definition) is 2. The van der Waals surface area contributed by atoms with E-state index in [4.69, 9.17) is 5.11 Å². The number of aliphatic hydroxyl groups is 1. The molecule has 1 saturated carbocycles. The molecular weight excluding hydrogens is 176 g/mol. The molecule has 1 aromatic carbocycles. The van der Waals surface area contributed by atoms with Gasteiger partial charge in [0.2, 0.25) is 0 Å². The van der Waals surface area contributed by atoms with Crippen LogP contribution in [0.15, 0.2) is 24.3 Å². The second-order valence-electron chi connectivity index (χ2n) is 4.08. The quantitative estimate of drug-likeness (QED) is 0.756. The van der Waals surface area contributed by atoms with E-state index in [2.05, 4.69) is 0 Å². The summed E-state index contributed by atoms with van der Waals surface area (Å²) in [5.74, 6) is 0.673. The molecule has 1 fully saturated rings. The van der Waals surface area contributed by atoms with Crippen LogP contribution in [-0.2, 0) is 0 Å². The molecule has 76 valence electrons. The van der Waals surface area contributed by atoms with Crippen LogP contribution in [0.1, 0.15) is 37.4 Å². The Bertz CT molecular complexity index is 286. The fraction of sp³-hybridized carbons (Fsp3) is 0.500. The zero-order valence-corrected chi connectivity index (χ0v) is 8.19. The van der Waals surface area contributed by atoms with Crippen LogP contribution in [0.5, 0.6) is 5.75 Å². The summed E-state index contributed by atoms with van der Waals surface area (Å²) in [7, 11) is 0. The van der Waals surface area contributed by atoms with E-state index >= 15 is 0 Å². The molecule has 0 saturated heterocycles. The van der Waals surface area contributed by atoms with Gasteiger partial charge in [0.15, 0.2) is 0 Å². The minimum atomic E-state index is -0.349. The molecule has 0 spiro atoms. The van der Waals surface area contributed by atoms with E-state index in [1.54, 1.807) is 24.3 Å². The highest BCUT2D eigenvalue weighted by atomic mass is 16.3. The maximum Gasteiger partial charge on any atom is 0.115 e. The van der Waals surface area contributed by atoms with Crippen LogP contribution in [0.25, 0.3) is 0 Å². The molecular formula is C12H16O2. The Hall–Kier alpha value is -1.02. The van der Waals surface area contributed by atoms with Crippen molar-refractivity contribution < 1.29 is 10.2 Å². The fourth-order valence-electron chi connectivity index (χ4n) is 2.22. The molecule has 1 aromatic rings. The first-order chi connectivity index (χ1) is 6.77. The number of benzene rings is 1. The molecule has 1 unspecified atom stereocenters. The maximum absolute atomic E-state index is 10.0. The topological polar surface area (TPSA) is 40.5 Å². The molecule has 0 heterocycles. The highest BCUT2D eigenvalue weighted by Crippen LogP contribution is 2.35. The minimum Gasteiger partial charge on any atom is -0.508 e. The van der Waals surface area contributed by atoms with E-state index in [1.165, 1.54) is 12.8 Å². The first-order valence-electron chi connectivity index (χ1n) is 5.24. The average molecular weight is 192 g/mol. The van der Waals surface area contributed by atoms with Crippen molar-refractivity contribution in [2.24, 2.45) is 5.92 Å². The molecule has 0 aliphatic heterocycles.